The first-order valence-corrected chi connectivity index (χ1v) is 6.24. The number of methoxy groups -OCH3 is 1. The number of halogens is 2. The van der Waals surface area contributed by atoms with Crippen molar-refractivity contribution >= 4 is 29.0 Å². The maximum Gasteiger partial charge on any atom is 0.340 e. The summed E-state index contributed by atoms with van der Waals surface area (Å²) in [4.78, 5) is 22.9. The van der Waals surface area contributed by atoms with Gasteiger partial charge in [0.15, 0.2) is 5.78 Å². The van der Waals surface area contributed by atoms with E-state index in [1.165, 1.54) is 13.2 Å². The predicted octanol–water partition coefficient (Wildman–Crippen LogP) is 2.66. The maximum atomic E-state index is 13.5. The summed E-state index contributed by atoms with van der Waals surface area (Å²) in [6.07, 6.45) is 1.84. The van der Waals surface area contributed by atoms with Gasteiger partial charge >= 0.3 is 5.97 Å². The van der Waals surface area contributed by atoms with Gasteiger partial charge in [0.2, 0.25) is 0 Å². The van der Waals surface area contributed by atoms with Crippen LogP contribution in [-0.2, 0) is 9.53 Å². The Morgan fingerprint density at radius 1 is 1.47 bits per heavy atom. The molecule has 0 heterocycles. The molecule has 0 spiro atoms. The fourth-order valence-electron chi connectivity index (χ4n) is 1.68. The zero-order valence-electron chi connectivity index (χ0n) is 10.3. The van der Waals surface area contributed by atoms with Crippen LogP contribution in [0.15, 0.2) is 12.1 Å². The van der Waals surface area contributed by atoms with E-state index < -0.39 is 11.8 Å². The maximum absolute atomic E-state index is 13.5. The Hall–Kier alpha value is -1.62. The lowest BCUT2D eigenvalue weighted by Crippen LogP contribution is -2.16. The number of ketones is 1. The van der Waals surface area contributed by atoms with E-state index in [0.29, 0.717) is 5.69 Å². The summed E-state index contributed by atoms with van der Waals surface area (Å²) >= 11 is 5.86. The second kappa shape index (κ2) is 5.57. The molecule has 1 N–H and O–H groups in total. The molecule has 1 saturated carbocycles. The summed E-state index contributed by atoms with van der Waals surface area (Å²) in [7, 11) is 1.17. The molecular formula is C13H13ClFNO3. The van der Waals surface area contributed by atoms with Crippen LogP contribution in [0, 0.1) is 11.7 Å². The van der Waals surface area contributed by atoms with Crippen LogP contribution < -0.4 is 5.32 Å². The largest absolute Gasteiger partial charge is 0.465 e. The molecule has 1 aromatic carbocycles. The van der Waals surface area contributed by atoms with Gasteiger partial charge in [-0.05, 0) is 25.0 Å². The quantitative estimate of drug-likeness (QED) is 0.845. The van der Waals surface area contributed by atoms with E-state index in [1.807, 2.05) is 0 Å². The predicted molar refractivity (Wildman–Crippen MR) is 69.0 cm³/mol. The number of carbonyl (C=O) groups excluding carboxylic acids is 2. The third-order valence-corrected chi connectivity index (χ3v) is 3.26. The molecule has 102 valence electrons. The molecule has 0 atom stereocenters. The molecule has 0 aliphatic heterocycles. The number of Topliss-reactive ketones (excluding diaryl/α,β-unsaturated/α-hetero) is 1. The van der Waals surface area contributed by atoms with Crippen LogP contribution in [0.5, 0.6) is 0 Å². The van der Waals surface area contributed by atoms with Crippen molar-refractivity contribution in [3.05, 3.63) is 28.5 Å². The number of anilines is 1. The van der Waals surface area contributed by atoms with Crippen molar-refractivity contribution in [2.75, 3.05) is 19.0 Å². The highest BCUT2D eigenvalue weighted by molar-refractivity contribution is 6.33. The van der Waals surface area contributed by atoms with Gasteiger partial charge in [0, 0.05) is 5.92 Å². The summed E-state index contributed by atoms with van der Waals surface area (Å²) < 4.78 is 18.0. The Morgan fingerprint density at radius 3 is 2.74 bits per heavy atom. The van der Waals surface area contributed by atoms with Crippen molar-refractivity contribution in [2.45, 2.75) is 12.8 Å². The van der Waals surface area contributed by atoms with Crippen molar-refractivity contribution in [3.63, 3.8) is 0 Å². The highest BCUT2D eigenvalue weighted by Gasteiger charge is 2.29. The van der Waals surface area contributed by atoms with Crippen molar-refractivity contribution in [1.82, 2.24) is 0 Å². The number of esters is 1. The second-order valence-corrected chi connectivity index (χ2v) is 4.80. The summed E-state index contributed by atoms with van der Waals surface area (Å²) in [5, 5.41) is 2.94. The van der Waals surface area contributed by atoms with Gasteiger partial charge in [-0.3, -0.25) is 4.79 Å². The number of hydrogen-bond donors (Lipinski definition) is 1. The van der Waals surface area contributed by atoms with Crippen molar-refractivity contribution in [2.24, 2.45) is 5.92 Å². The molecule has 0 amide bonds. The van der Waals surface area contributed by atoms with Crippen LogP contribution in [0.1, 0.15) is 23.2 Å². The van der Waals surface area contributed by atoms with E-state index in [-0.39, 0.29) is 28.8 Å². The van der Waals surface area contributed by atoms with E-state index >= 15 is 0 Å². The molecule has 0 saturated heterocycles. The molecule has 1 aliphatic rings. The molecule has 19 heavy (non-hydrogen) atoms. The smallest absolute Gasteiger partial charge is 0.340 e. The number of benzene rings is 1. The Bertz CT molecular complexity index is 529. The van der Waals surface area contributed by atoms with Crippen molar-refractivity contribution < 1.29 is 18.7 Å². The average molecular weight is 286 g/mol. The third kappa shape index (κ3) is 3.23. The first kappa shape index (κ1) is 13.8. The van der Waals surface area contributed by atoms with Gasteiger partial charge in [-0.1, -0.05) is 11.6 Å². The number of ether oxygens (including phenoxy) is 1. The molecule has 0 bridgehead atoms. The first-order valence-electron chi connectivity index (χ1n) is 5.87. The Morgan fingerprint density at radius 2 is 2.16 bits per heavy atom. The summed E-state index contributed by atoms with van der Waals surface area (Å²) in [6, 6.07) is 2.28. The highest BCUT2D eigenvalue weighted by Crippen LogP contribution is 2.30. The molecular weight excluding hydrogens is 273 g/mol. The Labute approximate surface area is 114 Å². The molecule has 0 unspecified atom stereocenters. The van der Waals surface area contributed by atoms with E-state index in [2.05, 4.69) is 10.1 Å². The molecule has 1 fully saturated rings. The number of nitrogens with one attached hydrogen (secondary N) is 1. The lowest BCUT2D eigenvalue weighted by atomic mass is 10.1. The van der Waals surface area contributed by atoms with Gasteiger partial charge in [-0.2, -0.15) is 0 Å². The molecule has 1 aliphatic carbocycles. The monoisotopic (exact) mass is 285 g/mol. The molecule has 6 heteroatoms. The zero-order valence-corrected chi connectivity index (χ0v) is 11.1. The van der Waals surface area contributed by atoms with Gasteiger partial charge in [0.1, 0.15) is 5.82 Å². The SMILES string of the molecule is COC(=O)c1cc(NCC(=O)C2CC2)c(Cl)cc1F. The first-order chi connectivity index (χ1) is 9.02. The summed E-state index contributed by atoms with van der Waals surface area (Å²) in [5.41, 5.74) is 0.130. The normalized spacial score (nSPS) is 14.1. The van der Waals surface area contributed by atoms with Crippen LogP contribution in [0.2, 0.25) is 5.02 Å². The highest BCUT2D eigenvalue weighted by atomic mass is 35.5. The summed E-state index contributed by atoms with van der Waals surface area (Å²) in [5.74, 6) is -1.31. The van der Waals surface area contributed by atoms with Gasteiger partial charge in [0.25, 0.3) is 0 Å². The number of hydrogen-bond acceptors (Lipinski definition) is 4. The van der Waals surface area contributed by atoms with E-state index in [4.69, 9.17) is 11.6 Å². The van der Waals surface area contributed by atoms with Gasteiger partial charge in [0.05, 0.1) is 29.9 Å². The molecule has 0 radical (unpaired) electrons. The van der Waals surface area contributed by atoms with Crippen LogP contribution in [0.3, 0.4) is 0 Å². The molecule has 1 aromatic rings. The fraction of sp³-hybridized carbons (Fsp3) is 0.385. The summed E-state index contributed by atoms with van der Waals surface area (Å²) in [6.45, 7) is 0.122. The Kier molecular flexibility index (Phi) is 4.04. The van der Waals surface area contributed by atoms with Crippen LogP contribution >= 0.6 is 11.6 Å². The van der Waals surface area contributed by atoms with Crippen molar-refractivity contribution in [1.29, 1.82) is 0 Å². The lowest BCUT2D eigenvalue weighted by molar-refractivity contribution is -0.118. The fourth-order valence-corrected chi connectivity index (χ4v) is 1.90. The van der Waals surface area contributed by atoms with Crippen LogP contribution in [-0.4, -0.2) is 25.4 Å². The van der Waals surface area contributed by atoms with Crippen molar-refractivity contribution in [3.8, 4) is 0 Å². The van der Waals surface area contributed by atoms with E-state index in [9.17, 15) is 14.0 Å². The molecule has 2 rings (SSSR count). The van der Waals surface area contributed by atoms with Gasteiger partial charge in [-0.15, -0.1) is 0 Å². The van der Waals surface area contributed by atoms with Crippen LogP contribution in [0.25, 0.3) is 0 Å². The minimum Gasteiger partial charge on any atom is -0.465 e. The minimum atomic E-state index is -0.786. The van der Waals surface area contributed by atoms with E-state index in [1.54, 1.807) is 0 Å². The average Bonchev–Trinajstić information content (AvgIpc) is 3.20. The van der Waals surface area contributed by atoms with Gasteiger partial charge < -0.3 is 10.1 Å². The topological polar surface area (TPSA) is 55.4 Å². The molecule has 0 aromatic heterocycles. The zero-order chi connectivity index (χ0) is 14.0. The molecule has 4 nitrogen and oxygen atoms in total. The standard InChI is InChI=1S/C13H13ClFNO3/c1-19-13(18)8-4-11(9(14)5-10(8)15)16-6-12(17)7-2-3-7/h4-5,7,16H,2-3,6H2,1H3. The number of rotatable bonds is 5. The Balaban J connectivity index is 2.14. The van der Waals surface area contributed by atoms with Gasteiger partial charge in [-0.25, -0.2) is 9.18 Å². The van der Waals surface area contributed by atoms with Crippen LogP contribution in [0.4, 0.5) is 10.1 Å². The van der Waals surface area contributed by atoms with E-state index in [0.717, 1.165) is 18.9 Å². The minimum absolute atomic E-state index is 0.0972. The number of carbonyl (C=O) groups is 2. The second-order valence-electron chi connectivity index (χ2n) is 4.40. The lowest BCUT2D eigenvalue weighted by Gasteiger charge is -2.10. The third-order valence-electron chi connectivity index (χ3n) is 2.95.